The first-order valence-electron chi connectivity index (χ1n) is 7.16. The van der Waals surface area contributed by atoms with Gasteiger partial charge in [0.15, 0.2) is 0 Å². The van der Waals surface area contributed by atoms with Crippen LogP contribution in [0.4, 0.5) is 6.01 Å². The number of aromatic nitrogens is 3. The standard InChI is InChI=1S/C14H23N5OS/c1-6-10-7-15-12(21-10)9(2)17-13-19-18-11(20-13)8-16-14(3,4)5/h7,9,16H,6,8H2,1-5H3,(H,17,19). The Balaban J connectivity index is 1.92. The van der Waals surface area contributed by atoms with Crippen LogP contribution in [-0.2, 0) is 13.0 Å². The molecule has 2 heterocycles. The average Bonchev–Trinajstić information content (AvgIpc) is 3.04. The number of aryl methyl sites for hydroxylation is 1. The van der Waals surface area contributed by atoms with Gasteiger partial charge in [0.05, 0.1) is 12.6 Å². The molecular formula is C14H23N5OS. The van der Waals surface area contributed by atoms with Gasteiger partial charge in [-0.1, -0.05) is 12.0 Å². The number of thiazole rings is 1. The van der Waals surface area contributed by atoms with E-state index in [2.05, 4.69) is 53.5 Å². The molecule has 0 saturated heterocycles. The maximum absolute atomic E-state index is 5.59. The van der Waals surface area contributed by atoms with Gasteiger partial charge in [-0.3, -0.25) is 0 Å². The van der Waals surface area contributed by atoms with Gasteiger partial charge in [-0.05, 0) is 34.1 Å². The van der Waals surface area contributed by atoms with Gasteiger partial charge in [0.25, 0.3) is 0 Å². The van der Waals surface area contributed by atoms with Crippen molar-refractivity contribution in [2.75, 3.05) is 5.32 Å². The number of hydrogen-bond donors (Lipinski definition) is 2. The largest absolute Gasteiger partial charge is 0.407 e. The number of hydrogen-bond acceptors (Lipinski definition) is 7. The van der Waals surface area contributed by atoms with Crippen LogP contribution in [0.15, 0.2) is 10.6 Å². The number of rotatable bonds is 6. The molecule has 2 aromatic heterocycles. The summed E-state index contributed by atoms with van der Waals surface area (Å²) in [5.74, 6) is 0.577. The minimum Gasteiger partial charge on any atom is -0.407 e. The van der Waals surface area contributed by atoms with Crippen LogP contribution in [0.1, 0.15) is 56.4 Å². The fourth-order valence-corrected chi connectivity index (χ4v) is 2.52. The molecule has 0 saturated carbocycles. The Kier molecular flexibility index (Phi) is 4.95. The highest BCUT2D eigenvalue weighted by atomic mass is 32.1. The summed E-state index contributed by atoms with van der Waals surface area (Å²) < 4.78 is 5.59. The van der Waals surface area contributed by atoms with Gasteiger partial charge in [-0.15, -0.1) is 16.4 Å². The third kappa shape index (κ3) is 4.78. The lowest BCUT2D eigenvalue weighted by atomic mass is 10.1. The minimum absolute atomic E-state index is 0.0206. The normalized spacial score (nSPS) is 13.4. The van der Waals surface area contributed by atoms with E-state index in [-0.39, 0.29) is 11.6 Å². The van der Waals surface area contributed by atoms with E-state index in [9.17, 15) is 0 Å². The fraction of sp³-hybridized carbons (Fsp3) is 0.643. The van der Waals surface area contributed by atoms with Crippen LogP contribution in [0, 0.1) is 0 Å². The summed E-state index contributed by atoms with van der Waals surface area (Å²) in [6.45, 7) is 11.0. The van der Waals surface area contributed by atoms with Crippen molar-refractivity contribution in [1.29, 1.82) is 0 Å². The summed E-state index contributed by atoms with van der Waals surface area (Å²) in [6, 6.07) is 0.487. The molecule has 0 aliphatic rings. The molecule has 116 valence electrons. The smallest absolute Gasteiger partial charge is 0.316 e. The minimum atomic E-state index is 0.0206. The zero-order valence-corrected chi connectivity index (χ0v) is 14.0. The highest BCUT2D eigenvalue weighted by Gasteiger charge is 2.15. The molecule has 1 atom stereocenters. The summed E-state index contributed by atoms with van der Waals surface area (Å²) in [5, 5.41) is 15.6. The third-order valence-electron chi connectivity index (χ3n) is 2.87. The van der Waals surface area contributed by atoms with Crippen molar-refractivity contribution in [1.82, 2.24) is 20.5 Å². The molecule has 21 heavy (non-hydrogen) atoms. The molecule has 0 fully saturated rings. The molecule has 0 bridgehead atoms. The number of anilines is 1. The maximum Gasteiger partial charge on any atom is 0.316 e. The molecule has 2 N–H and O–H groups in total. The first-order chi connectivity index (χ1) is 9.87. The summed E-state index contributed by atoms with van der Waals surface area (Å²) in [6.07, 6.45) is 2.93. The molecular weight excluding hydrogens is 286 g/mol. The lowest BCUT2D eigenvalue weighted by Crippen LogP contribution is -2.35. The molecule has 0 spiro atoms. The topological polar surface area (TPSA) is 75.9 Å². The molecule has 2 aromatic rings. The van der Waals surface area contributed by atoms with Gasteiger partial charge < -0.3 is 15.1 Å². The second kappa shape index (κ2) is 6.53. The summed E-state index contributed by atoms with van der Waals surface area (Å²) >= 11 is 1.70. The van der Waals surface area contributed by atoms with Crippen molar-refractivity contribution < 1.29 is 4.42 Å². The van der Waals surface area contributed by atoms with Crippen molar-refractivity contribution in [3.05, 3.63) is 22.0 Å². The Hall–Kier alpha value is -1.47. The highest BCUT2D eigenvalue weighted by molar-refractivity contribution is 7.11. The number of nitrogens with zero attached hydrogens (tertiary/aromatic N) is 3. The third-order valence-corrected chi connectivity index (χ3v) is 4.19. The summed E-state index contributed by atoms with van der Waals surface area (Å²) in [5.41, 5.74) is 0.0206. The summed E-state index contributed by atoms with van der Waals surface area (Å²) in [4.78, 5) is 5.69. The second-order valence-corrected chi connectivity index (χ2v) is 7.14. The van der Waals surface area contributed by atoms with Crippen LogP contribution in [0.3, 0.4) is 0 Å². The maximum atomic E-state index is 5.59. The van der Waals surface area contributed by atoms with Crippen molar-refractivity contribution >= 4 is 17.4 Å². The second-order valence-electron chi connectivity index (χ2n) is 5.99. The first-order valence-corrected chi connectivity index (χ1v) is 7.97. The predicted molar refractivity (Wildman–Crippen MR) is 84.4 cm³/mol. The lowest BCUT2D eigenvalue weighted by Gasteiger charge is -2.18. The van der Waals surface area contributed by atoms with Gasteiger partial charge in [-0.25, -0.2) is 4.98 Å². The number of nitrogens with one attached hydrogen (secondary N) is 2. The zero-order chi connectivity index (χ0) is 15.5. The Bertz CT molecular complexity index is 572. The van der Waals surface area contributed by atoms with Gasteiger partial charge in [-0.2, -0.15) is 0 Å². The van der Waals surface area contributed by atoms with Gasteiger partial charge >= 0.3 is 6.01 Å². The van der Waals surface area contributed by atoms with Crippen LogP contribution in [0.2, 0.25) is 0 Å². The Morgan fingerprint density at radius 3 is 2.71 bits per heavy atom. The molecule has 1 unspecified atom stereocenters. The van der Waals surface area contributed by atoms with Crippen molar-refractivity contribution in [2.24, 2.45) is 0 Å². The molecule has 2 rings (SSSR count). The first kappa shape index (κ1) is 15.9. The van der Waals surface area contributed by atoms with Crippen LogP contribution < -0.4 is 10.6 Å². The van der Waals surface area contributed by atoms with Crippen molar-refractivity contribution in [3.8, 4) is 0 Å². The summed E-state index contributed by atoms with van der Waals surface area (Å²) in [7, 11) is 0. The molecule has 0 amide bonds. The molecule has 7 heteroatoms. The van der Waals surface area contributed by atoms with E-state index in [1.54, 1.807) is 11.3 Å². The Labute approximate surface area is 129 Å². The molecule has 0 radical (unpaired) electrons. The van der Waals surface area contributed by atoms with E-state index in [0.29, 0.717) is 18.5 Å². The monoisotopic (exact) mass is 309 g/mol. The van der Waals surface area contributed by atoms with Crippen LogP contribution >= 0.6 is 11.3 Å². The van der Waals surface area contributed by atoms with Crippen molar-refractivity contribution in [2.45, 2.75) is 59.2 Å². The van der Waals surface area contributed by atoms with Crippen LogP contribution in [0.5, 0.6) is 0 Å². The van der Waals surface area contributed by atoms with Crippen LogP contribution in [0.25, 0.3) is 0 Å². The van der Waals surface area contributed by atoms with E-state index >= 15 is 0 Å². The molecule has 0 aromatic carbocycles. The quantitative estimate of drug-likeness (QED) is 0.853. The van der Waals surface area contributed by atoms with E-state index in [0.717, 1.165) is 11.4 Å². The van der Waals surface area contributed by atoms with E-state index in [4.69, 9.17) is 4.42 Å². The van der Waals surface area contributed by atoms with E-state index in [1.807, 2.05) is 13.1 Å². The SMILES string of the molecule is CCc1cnc(C(C)Nc2nnc(CNC(C)(C)C)o2)s1. The molecule has 0 aliphatic heterocycles. The van der Waals surface area contributed by atoms with Crippen molar-refractivity contribution in [3.63, 3.8) is 0 Å². The lowest BCUT2D eigenvalue weighted by molar-refractivity contribution is 0.383. The van der Waals surface area contributed by atoms with Gasteiger partial charge in [0.2, 0.25) is 5.89 Å². The van der Waals surface area contributed by atoms with E-state index in [1.165, 1.54) is 4.88 Å². The van der Waals surface area contributed by atoms with E-state index < -0.39 is 0 Å². The van der Waals surface area contributed by atoms with Gasteiger partial charge in [0.1, 0.15) is 5.01 Å². The molecule has 0 aliphatic carbocycles. The average molecular weight is 309 g/mol. The van der Waals surface area contributed by atoms with Crippen LogP contribution in [-0.4, -0.2) is 20.7 Å². The Morgan fingerprint density at radius 1 is 1.33 bits per heavy atom. The fourth-order valence-electron chi connectivity index (χ4n) is 1.66. The predicted octanol–water partition coefficient (Wildman–Crippen LogP) is 3.15. The Morgan fingerprint density at radius 2 is 2.10 bits per heavy atom. The zero-order valence-electron chi connectivity index (χ0n) is 13.2. The molecule has 6 nitrogen and oxygen atoms in total. The van der Waals surface area contributed by atoms with Gasteiger partial charge in [0, 0.05) is 16.6 Å². The highest BCUT2D eigenvalue weighted by Crippen LogP contribution is 2.23.